The summed E-state index contributed by atoms with van der Waals surface area (Å²) in [5.41, 5.74) is 7.25. The lowest BCUT2D eigenvalue weighted by Gasteiger charge is -2.19. The summed E-state index contributed by atoms with van der Waals surface area (Å²) >= 11 is 3.09. The van der Waals surface area contributed by atoms with E-state index in [9.17, 15) is 0 Å². The second kappa shape index (κ2) is 5.43. The van der Waals surface area contributed by atoms with Crippen LogP contribution in [0.2, 0.25) is 0 Å². The molecule has 2 unspecified atom stereocenters. The van der Waals surface area contributed by atoms with Gasteiger partial charge in [0, 0.05) is 6.04 Å². The van der Waals surface area contributed by atoms with Crippen molar-refractivity contribution in [3.05, 3.63) is 42.2 Å². The van der Waals surface area contributed by atoms with Crippen LogP contribution in [0.3, 0.4) is 0 Å². The first-order valence-corrected chi connectivity index (χ1v) is 6.66. The Morgan fingerprint density at radius 3 is 2.62 bits per heavy atom. The fourth-order valence-electron chi connectivity index (χ4n) is 1.45. The molecule has 84 valence electrons. The minimum absolute atomic E-state index is 0.0799. The molecule has 0 aliphatic rings. The second-order valence-electron chi connectivity index (χ2n) is 3.52. The van der Waals surface area contributed by atoms with Crippen LogP contribution in [-0.2, 0) is 0 Å². The van der Waals surface area contributed by atoms with Crippen LogP contribution in [0.5, 0.6) is 0 Å². The van der Waals surface area contributed by atoms with Gasteiger partial charge in [-0.3, -0.25) is 0 Å². The van der Waals surface area contributed by atoms with Crippen molar-refractivity contribution in [2.45, 2.75) is 22.6 Å². The molecule has 16 heavy (non-hydrogen) atoms. The topological polar surface area (TPSA) is 51.8 Å². The third-order valence-electron chi connectivity index (χ3n) is 2.17. The van der Waals surface area contributed by atoms with E-state index in [4.69, 9.17) is 5.73 Å². The van der Waals surface area contributed by atoms with Crippen LogP contribution >= 0.6 is 23.3 Å². The summed E-state index contributed by atoms with van der Waals surface area (Å²) in [5.74, 6) is 0. The highest BCUT2D eigenvalue weighted by molar-refractivity contribution is 8.01. The molecule has 1 aromatic carbocycles. The molecule has 1 aromatic heterocycles. The standard InChI is InChI=1S/C11H13N3S2/c1-8(12)10(9-5-3-2-4-6-9)15-11-13-7-14-16-11/h2-8,10H,12H2,1H3. The molecule has 0 radical (unpaired) electrons. The molecular formula is C11H13N3S2. The maximum absolute atomic E-state index is 6.02. The van der Waals surface area contributed by atoms with E-state index in [-0.39, 0.29) is 11.3 Å². The van der Waals surface area contributed by atoms with Gasteiger partial charge >= 0.3 is 0 Å². The summed E-state index contributed by atoms with van der Waals surface area (Å²) in [6.07, 6.45) is 1.58. The lowest BCUT2D eigenvalue weighted by atomic mass is 10.1. The number of rotatable bonds is 4. The molecule has 0 amide bonds. The van der Waals surface area contributed by atoms with E-state index in [2.05, 4.69) is 21.5 Å². The summed E-state index contributed by atoms with van der Waals surface area (Å²) in [5, 5.41) is 0.231. The number of benzene rings is 1. The van der Waals surface area contributed by atoms with Crippen molar-refractivity contribution >= 4 is 23.3 Å². The zero-order chi connectivity index (χ0) is 11.4. The zero-order valence-corrected chi connectivity index (χ0v) is 10.5. The van der Waals surface area contributed by atoms with E-state index in [0.717, 1.165) is 4.34 Å². The Kier molecular flexibility index (Phi) is 3.93. The van der Waals surface area contributed by atoms with Crippen LogP contribution < -0.4 is 5.73 Å². The van der Waals surface area contributed by atoms with Gasteiger partial charge in [-0.05, 0) is 24.0 Å². The van der Waals surface area contributed by atoms with Crippen molar-refractivity contribution in [1.82, 2.24) is 9.36 Å². The van der Waals surface area contributed by atoms with E-state index in [1.165, 1.54) is 17.1 Å². The highest BCUT2D eigenvalue weighted by Crippen LogP contribution is 2.37. The molecule has 0 fully saturated rings. The van der Waals surface area contributed by atoms with Crippen molar-refractivity contribution < 1.29 is 0 Å². The smallest absolute Gasteiger partial charge is 0.170 e. The fraction of sp³-hybridized carbons (Fsp3) is 0.273. The van der Waals surface area contributed by atoms with Gasteiger partial charge in [-0.25, -0.2) is 4.98 Å². The van der Waals surface area contributed by atoms with Crippen molar-refractivity contribution in [2.75, 3.05) is 0 Å². The molecule has 0 saturated carbocycles. The van der Waals surface area contributed by atoms with Crippen molar-refractivity contribution in [2.24, 2.45) is 5.73 Å². The van der Waals surface area contributed by atoms with Crippen LogP contribution in [-0.4, -0.2) is 15.4 Å². The van der Waals surface area contributed by atoms with E-state index in [1.54, 1.807) is 18.1 Å². The average molecular weight is 251 g/mol. The molecule has 5 heteroatoms. The monoisotopic (exact) mass is 251 g/mol. The molecule has 2 rings (SSSR count). The molecule has 0 aliphatic carbocycles. The zero-order valence-electron chi connectivity index (χ0n) is 8.91. The summed E-state index contributed by atoms with van der Waals surface area (Å²) in [4.78, 5) is 4.18. The first-order valence-electron chi connectivity index (χ1n) is 5.01. The predicted octanol–water partition coefficient (Wildman–Crippen LogP) is 2.72. The minimum atomic E-state index is 0.0799. The number of aromatic nitrogens is 2. The first kappa shape index (κ1) is 11.6. The van der Waals surface area contributed by atoms with Gasteiger partial charge in [-0.2, -0.15) is 4.37 Å². The fourth-order valence-corrected chi connectivity index (χ4v) is 3.17. The number of nitrogens with two attached hydrogens (primary N) is 1. The van der Waals surface area contributed by atoms with Gasteiger partial charge in [0.1, 0.15) is 6.33 Å². The normalized spacial score (nSPS) is 14.6. The van der Waals surface area contributed by atoms with Gasteiger partial charge in [-0.1, -0.05) is 42.1 Å². The average Bonchev–Trinajstić information content (AvgIpc) is 2.79. The SMILES string of the molecule is CC(N)C(Sc1ncns1)c1ccccc1. The Labute approximate surface area is 103 Å². The molecule has 2 N–H and O–H groups in total. The number of thioether (sulfide) groups is 1. The number of hydrogen-bond donors (Lipinski definition) is 1. The van der Waals surface area contributed by atoms with Crippen LogP contribution in [0.15, 0.2) is 41.0 Å². The Morgan fingerprint density at radius 2 is 2.06 bits per heavy atom. The Morgan fingerprint density at radius 1 is 1.31 bits per heavy atom. The van der Waals surface area contributed by atoms with Crippen molar-refractivity contribution in [1.29, 1.82) is 0 Å². The Bertz CT molecular complexity index is 414. The van der Waals surface area contributed by atoms with Gasteiger partial charge in [0.05, 0.1) is 5.25 Å². The van der Waals surface area contributed by atoms with Crippen LogP contribution in [0.4, 0.5) is 0 Å². The van der Waals surface area contributed by atoms with Gasteiger partial charge in [0.2, 0.25) is 0 Å². The summed E-state index contributed by atoms with van der Waals surface area (Å²) in [6.45, 7) is 2.02. The van der Waals surface area contributed by atoms with Crippen molar-refractivity contribution in [3.8, 4) is 0 Å². The number of hydrogen-bond acceptors (Lipinski definition) is 5. The molecule has 0 bridgehead atoms. The highest BCUT2D eigenvalue weighted by Gasteiger charge is 2.18. The predicted molar refractivity (Wildman–Crippen MR) is 68.6 cm³/mol. The summed E-state index contributed by atoms with van der Waals surface area (Å²) in [6, 6.07) is 10.4. The molecule has 2 aromatic rings. The lowest BCUT2D eigenvalue weighted by molar-refractivity contribution is 0.721. The summed E-state index contributed by atoms with van der Waals surface area (Å²) < 4.78 is 4.96. The maximum atomic E-state index is 6.02. The third-order valence-corrected chi connectivity index (χ3v) is 4.41. The molecule has 0 spiro atoms. The maximum Gasteiger partial charge on any atom is 0.170 e. The van der Waals surface area contributed by atoms with Crippen LogP contribution in [0.25, 0.3) is 0 Å². The molecule has 2 atom stereocenters. The van der Waals surface area contributed by atoms with E-state index in [1.807, 2.05) is 25.1 Å². The minimum Gasteiger partial charge on any atom is -0.327 e. The van der Waals surface area contributed by atoms with Crippen LogP contribution in [0.1, 0.15) is 17.7 Å². The number of nitrogens with zero attached hydrogens (tertiary/aromatic N) is 2. The molecule has 3 nitrogen and oxygen atoms in total. The van der Waals surface area contributed by atoms with Gasteiger partial charge in [0.15, 0.2) is 4.34 Å². The van der Waals surface area contributed by atoms with Gasteiger partial charge < -0.3 is 5.73 Å². The first-order chi connectivity index (χ1) is 7.77. The van der Waals surface area contributed by atoms with Crippen LogP contribution in [0, 0.1) is 0 Å². The largest absolute Gasteiger partial charge is 0.327 e. The van der Waals surface area contributed by atoms with E-state index < -0.39 is 0 Å². The van der Waals surface area contributed by atoms with Gasteiger partial charge in [0.25, 0.3) is 0 Å². The quantitative estimate of drug-likeness (QED) is 0.849. The Balaban J connectivity index is 2.18. The molecule has 1 heterocycles. The van der Waals surface area contributed by atoms with Crippen molar-refractivity contribution in [3.63, 3.8) is 0 Å². The highest BCUT2D eigenvalue weighted by atomic mass is 32.2. The molecular weight excluding hydrogens is 238 g/mol. The van der Waals surface area contributed by atoms with Gasteiger partial charge in [-0.15, -0.1) is 0 Å². The van der Waals surface area contributed by atoms with E-state index >= 15 is 0 Å². The van der Waals surface area contributed by atoms with E-state index in [0.29, 0.717) is 0 Å². The third kappa shape index (κ3) is 2.81. The summed E-state index contributed by atoms with van der Waals surface area (Å²) in [7, 11) is 0. The second-order valence-corrected chi connectivity index (χ2v) is 5.68. The Hall–Kier alpha value is -0.910. The lowest BCUT2D eigenvalue weighted by Crippen LogP contribution is -2.22. The molecule has 0 saturated heterocycles. The molecule has 0 aliphatic heterocycles.